The van der Waals surface area contributed by atoms with Crippen molar-refractivity contribution in [1.29, 1.82) is 0 Å². The Bertz CT molecular complexity index is 581. The number of rotatable bonds is 10. The number of guanidine groups is 1. The minimum absolute atomic E-state index is 0. The summed E-state index contributed by atoms with van der Waals surface area (Å²) < 4.78 is 11.1. The number of halogens is 1. The molecule has 0 spiro atoms. The summed E-state index contributed by atoms with van der Waals surface area (Å²) in [4.78, 5) is 6.92. The van der Waals surface area contributed by atoms with Crippen molar-refractivity contribution >= 4 is 29.9 Å². The van der Waals surface area contributed by atoms with Crippen molar-refractivity contribution in [2.24, 2.45) is 10.9 Å². The number of hydrogen-bond donors (Lipinski definition) is 2. The van der Waals surface area contributed by atoms with Crippen molar-refractivity contribution in [3.63, 3.8) is 0 Å². The van der Waals surface area contributed by atoms with Gasteiger partial charge in [-0.05, 0) is 43.7 Å². The largest absolute Gasteiger partial charge is 0.379 e. The van der Waals surface area contributed by atoms with E-state index in [0.29, 0.717) is 12.0 Å². The number of nitrogens with one attached hydrogen (secondary N) is 2. The number of nitrogens with zero attached hydrogens (tertiary/aromatic N) is 2. The van der Waals surface area contributed by atoms with Gasteiger partial charge in [-0.25, -0.2) is 0 Å². The van der Waals surface area contributed by atoms with Crippen LogP contribution >= 0.6 is 24.0 Å². The summed E-state index contributed by atoms with van der Waals surface area (Å²) in [5.74, 6) is 1.59. The van der Waals surface area contributed by atoms with Gasteiger partial charge in [0, 0.05) is 46.4 Å². The van der Waals surface area contributed by atoms with Crippen LogP contribution in [0.5, 0.6) is 0 Å². The molecule has 3 rings (SSSR count). The zero-order chi connectivity index (χ0) is 19.4. The third-order valence-electron chi connectivity index (χ3n) is 5.57. The molecule has 2 atom stereocenters. The Labute approximate surface area is 192 Å². The van der Waals surface area contributed by atoms with Crippen LogP contribution in [0.4, 0.5) is 0 Å². The molecule has 2 aliphatic rings. The number of aliphatic imine (C=N–C) groups is 1. The molecular formula is C22H37IN4O2. The van der Waals surface area contributed by atoms with Crippen LogP contribution in [0.25, 0.3) is 0 Å². The van der Waals surface area contributed by atoms with E-state index in [1.165, 1.54) is 25.1 Å². The molecule has 7 heteroatoms. The average Bonchev–Trinajstić information content (AvgIpc) is 3.41. The molecule has 2 unspecified atom stereocenters. The Morgan fingerprint density at radius 2 is 2.10 bits per heavy atom. The number of benzene rings is 1. The minimum Gasteiger partial charge on any atom is -0.379 e. The molecule has 2 N–H and O–H groups in total. The lowest BCUT2D eigenvalue weighted by Gasteiger charge is -2.18. The van der Waals surface area contributed by atoms with E-state index in [1.54, 1.807) is 0 Å². The second-order valence-corrected chi connectivity index (χ2v) is 7.78. The summed E-state index contributed by atoms with van der Waals surface area (Å²) in [6, 6.07) is 10.8. The topological polar surface area (TPSA) is 58.1 Å². The van der Waals surface area contributed by atoms with Gasteiger partial charge in [-0.15, -0.1) is 24.0 Å². The fourth-order valence-corrected chi connectivity index (χ4v) is 3.85. The average molecular weight is 516 g/mol. The fourth-order valence-electron chi connectivity index (χ4n) is 3.85. The van der Waals surface area contributed by atoms with Crippen LogP contribution in [0, 0.1) is 5.92 Å². The van der Waals surface area contributed by atoms with Gasteiger partial charge in [0.05, 0.1) is 12.7 Å². The molecule has 29 heavy (non-hydrogen) atoms. The molecule has 0 radical (unpaired) electrons. The van der Waals surface area contributed by atoms with Gasteiger partial charge in [-0.2, -0.15) is 0 Å². The highest BCUT2D eigenvalue weighted by Gasteiger charge is 2.22. The van der Waals surface area contributed by atoms with Crippen LogP contribution in [0.1, 0.15) is 24.8 Å². The first-order chi connectivity index (χ1) is 13.8. The zero-order valence-corrected chi connectivity index (χ0v) is 20.0. The zero-order valence-electron chi connectivity index (χ0n) is 17.6. The van der Waals surface area contributed by atoms with Crippen molar-refractivity contribution in [2.75, 3.05) is 59.6 Å². The molecule has 0 aliphatic carbocycles. The van der Waals surface area contributed by atoms with E-state index >= 15 is 0 Å². The Kier molecular flexibility index (Phi) is 11.9. The summed E-state index contributed by atoms with van der Waals surface area (Å²) in [6.07, 6.45) is 4.70. The molecule has 0 aromatic heterocycles. The molecule has 2 saturated heterocycles. The van der Waals surface area contributed by atoms with Gasteiger partial charge >= 0.3 is 0 Å². The molecule has 2 fully saturated rings. The molecule has 1 aromatic carbocycles. The molecule has 164 valence electrons. The van der Waals surface area contributed by atoms with Gasteiger partial charge in [0.2, 0.25) is 0 Å². The van der Waals surface area contributed by atoms with E-state index in [-0.39, 0.29) is 24.0 Å². The van der Waals surface area contributed by atoms with Gasteiger partial charge < -0.3 is 25.0 Å². The molecule has 1 aromatic rings. The molecule has 2 aliphatic heterocycles. The predicted octanol–water partition coefficient (Wildman–Crippen LogP) is 2.53. The van der Waals surface area contributed by atoms with Crippen molar-refractivity contribution in [2.45, 2.75) is 31.8 Å². The molecule has 2 heterocycles. The first-order valence-corrected chi connectivity index (χ1v) is 10.7. The van der Waals surface area contributed by atoms with E-state index in [0.717, 1.165) is 64.7 Å². The van der Waals surface area contributed by atoms with Crippen LogP contribution < -0.4 is 10.6 Å². The van der Waals surface area contributed by atoms with Gasteiger partial charge in [0.15, 0.2) is 5.96 Å². The number of ether oxygens (including phenoxy) is 2. The maximum Gasteiger partial charge on any atom is 0.190 e. The first kappa shape index (κ1) is 24.4. The second-order valence-electron chi connectivity index (χ2n) is 7.78. The molecule has 0 saturated carbocycles. The quantitative estimate of drug-likeness (QED) is 0.217. The Hall–Kier alpha value is -0.900. The fraction of sp³-hybridized carbons (Fsp3) is 0.682. The summed E-state index contributed by atoms with van der Waals surface area (Å²) in [6.45, 7) is 7.75. The van der Waals surface area contributed by atoms with E-state index in [1.807, 2.05) is 7.05 Å². The van der Waals surface area contributed by atoms with Crippen molar-refractivity contribution in [1.82, 2.24) is 15.5 Å². The number of likely N-dealkylation sites (tertiary alicyclic amines) is 1. The Morgan fingerprint density at radius 3 is 2.86 bits per heavy atom. The summed E-state index contributed by atoms with van der Waals surface area (Å²) in [7, 11) is 1.84. The van der Waals surface area contributed by atoms with Crippen molar-refractivity contribution in [3.8, 4) is 0 Å². The lowest BCUT2D eigenvalue weighted by atomic mass is 10.1. The van der Waals surface area contributed by atoms with Gasteiger partial charge in [-0.1, -0.05) is 30.3 Å². The molecule has 6 nitrogen and oxygen atoms in total. The maximum atomic E-state index is 5.80. The van der Waals surface area contributed by atoms with Crippen LogP contribution in [0.15, 0.2) is 35.3 Å². The maximum absolute atomic E-state index is 5.80. The third-order valence-corrected chi connectivity index (χ3v) is 5.57. The highest BCUT2D eigenvalue weighted by Crippen LogP contribution is 2.16. The summed E-state index contributed by atoms with van der Waals surface area (Å²) >= 11 is 0. The standard InChI is InChI=1S/C22H36N4O2.HI/c1-23-22(24-11-5-14-28-21-10-15-27-18-21)25-16-20-9-13-26(17-20)12-8-19-6-3-2-4-7-19;/h2-4,6-7,20-21H,5,8-18H2,1H3,(H2,23,24,25);1H. The molecule has 0 amide bonds. The molecular weight excluding hydrogens is 479 g/mol. The smallest absolute Gasteiger partial charge is 0.190 e. The van der Waals surface area contributed by atoms with Crippen LogP contribution in [0.3, 0.4) is 0 Å². The SMILES string of the molecule is CN=C(NCCCOC1CCOC1)NCC1CCN(CCc2ccccc2)C1.I. The Balaban J connectivity index is 0.00000300. The van der Waals surface area contributed by atoms with Gasteiger partial charge in [-0.3, -0.25) is 4.99 Å². The van der Waals surface area contributed by atoms with E-state index in [4.69, 9.17) is 9.47 Å². The van der Waals surface area contributed by atoms with Gasteiger partial charge in [0.1, 0.15) is 0 Å². The van der Waals surface area contributed by atoms with Crippen molar-refractivity contribution < 1.29 is 9.47 Å². The minimum atomic E-state index is 0. The van der Waals surface area contributed by atoms with Gasteiger partial charge in [0.25, 0.3) is 0 Å². The predicted molar refractivity (Wildman–Crippen MR) is 129 cm³/mol. The highest BCUT2D eigenvalue weighted by atomic mass is 127. The van der Waals surface area contributed by atoms with E-state index in [9.17, 15) is 0 Å². The monoisotopic (exact) mass is 516 g/mol. The van der Waals surface area contributed by atoms with E-state index in [2.05, 4.69) is 50.9 Å². The van der Waals surface area contributed by atoms with E-state index < -0.39 is 0 Å². The normalized spacial score (nSPS) is 22.4. The van der Waals surface area contributed by atoms with Crippen LogP contribution in [-0.2, 0) is 15.9 Å². The second kappa shape index (κ2) is 14.2. The van der Waals surface area contributed by atoms with Crippen molar-refractivity contribution in [3.05, 3.63) is 35.9 Å². The van der Waals surface area contributed by atoms with Crippen LogP contribution in [0.2, 0.25) is 0 Å². The first-order valence-electron chi connectivity index (χ1n) is 10.7. The Morgan fingerprint density at radius 1 is 1.24 bits per heavy atom. The lowest BCUT2D eigenvalue weighted by Crippen LogP contribution is -2.41. The number of hydrogen-bond acceptors (Lipinski definition) is 4. The summed E-state index contributed by atoms with van der Waals surface area (Å²) in [5.41, 5.74) is 1.43. The molecule has 0 bridgehead atoms. The summed E-state index contributed by atoms with van der Waals surface area (Å²) in [5, 5.41) is 6.88. The van der Waals surface area contributed by atoms with Crippen LogP contribution in [-0.4, -0.2) is 76.6 Å². The highest BCUT2D eigenvalue weighted by molar-refractivity contribution is 14.0. The lowest BCUT2D eigenvalue weighted by molar-refractivity contribution is 0.0420. The third kappa shape index (κ3) is 9.19.